The number of hydrogen-bond donors (Lipinski definition) is 1. The van der Waals surface area contributed by atoms with E-state index in [1.807, 2.05) is 6.07 Å². The van der Waals surface area contributed by atoms with E-state index in [0.29, 0.717) is 11.1 Å². The number of alkyl halides is 3. The standard InChI is InChI=1S/C10H9F3N2/c11-10(12,13)5-9(15)8-3-1-7(6-14)2-4-8/h1-4,9H,5,15H2/t9-/m1/s1. The predicted octanol–water partition coefficient (Wildman–Crippen LogP) is 2.51. The number of nitrogens with two attached hydrogens (primary N) is 1. The second-order valence-electron chi connectivity index (χ2n) is 3.16. The molecule has 0 saturated heterocycles. The highest BCUT2D eigenvalue weighted by Gasteiger charge is 2.30. The fourth-order valence-electron chi connectivity index (χ4n) is 1.17. The van der Waals surface area contributed by atoms with Crippen molar-refractivity contribution in [1.82, 2.24) is 0 Å². The fraction of sp³-hybridized carbons (Fsp3) is 0.300. The number of nitrogens with zero attached hydrogens (tertiary/aromatic N) is 1. The van der Waals surface area contributed by atoms with Crippen LogP contribution in [0.2, 0.25) is 0 Å². The summed E-state index contributed by atoms with van der Waals surface area (Å²) in [7, 11) is 0. The molecule has 0 aliphatic carbocycles. The van der Waals surface area contributed by atoms with Crippen LogP contribution in [-0.4, -0.2) is 6.18 Å². The molecule has 0 aliphatic heterocycles. The van der Waals surface area contributed by atoms with Crippen molar-refractivity contribution in [3.8, 4) is 6.07 Å². The lowest BCUT2D eigenvalue weighted by Crippen LogP contribution is -2.20. The van der Waals surface area contributed by atoms with Crippen LogP contribution in [0.5, 0.6) is 0 Å². The van der Waals surface area contributed by atoms with Gasteiger partial charge in [0.15, 0.2) is 0 Å². The van der Waals surface area contributed by atoms with Gasteiger partial charge >= 0.3 is 6.18 Å². The Morgan fingerprint density at radius 1 is 1.27 bits per heavy atom. The van der Waals surface area contributed by atoms with Crippen molar-refractivity contribution >= 4 is 0 Å². The largest absolute Gasteiger partial charge is 0.390 e. The molecule has 0 radical (unpaired) electrons. The third-order valence-corrected chi connectivity index (χ3v) is 1.92. The zero-order valence-electron chi connectivity index (χ0n) is 7.75. The van der Waals surface area contributed by atoms with E-state index in [-0.39, 0.29) is 0 Å². The third-order valence-electron chi connectivity index (χ3n) is 1.92. The Kier molecular flexibility index (Phi) is 3.32. The van der Waals surface area contributed by atoms with Gasteiger partial charge in [-0.2, -0.15) is 18.4 Å². The Balaban J connectivity index is 2.75. The highest BCUT2D eigenvalue weighted by molar-refractivity contribution is 5.32. The van der Waals surface area contributed by atoms with Gasteiger partial charge in [-0.1, -0.05) is 12.1 Å². The molecule has 0 amide bonds. The Bertz CT molecular complexity index is 362. The molecule has 0 aromatic heterocycles. The smallest absolute Gasteiger partial charge is 0.324 e. The Hall–Kier alpha value is -1.54. The van der Waals surface area contributed by atoms with Gasteiger partial charge in [0, 0.05) is 6.04 Å². The zero-order chi connectivity index (χ0) is 11.5. The number of rotatable bonds is 2. The number of halogens is 3. The first-order valence-electron chi connectivity index (χ1n) is 4.25. The molecular formula is C10H9F3N2. The summed E-state index contributed by atoms with van der Waals surface area (Å²) in [5.74, 6) is 0. The number of nitriles is 1. The first-order valence-corrected chi connectivity index (χ1v) is 4.25. The molecule has 5 heteroatoms. The van der Waals surface area contributed by atoms with Crippen molar-refractivity contribution in [2.24, 2.45) is 5.73 Å². The van der Waals surface area contributed by atoms with Gasteiger partial charge in [0.05, 0.1) is 18.1 Å². The highest BCUT2D eigenvalue weighted by atomic mass is 19.4. The van der Waals surface area contributed by atoms with Crippen molar-refractivity contribution < 1.29 is 13.2 Å². The van der Waals surface area contributed by atoms with Crippen LogP contribution in [0.25, 0.3) is 0 Å². The maximum Gasteiger partial charge on any atom is 0.390 e. The van der Waals surface area contributed by atoms with Crippen molar-refractivity contribution in [3.63, 3.8) is 0 Å². The van der Waals surface area contributed by atoms with Crippen molar-refractivity contribution in [1.29, 1.82) is 5.26 Å². The van der Waals surface area contributed by atoms with E-state index >= 15 is 0 Å². The molecule has 15 heavy (non-hydrogen) atoms. The molecule has 0 fully saturated rings. The van der Waals surface area contributed by atoms with Gasteiger partial charge < -0.3 is 5.73 Å². The van der Waals surface area contributed by atoms with E-state index in [2.05, 4.69) is 0 Å². The second-order valence-corrected chi connectivity index (χ2v) is 3.16. The summed E-state index contributed by atoms with van der Waals surface area (Å²) in [6.45, 7) is 0. The van der Waals surface area contributed by atoms with Crippen LogP contribution < -0.4 is 5.73 Å². The molecule has 1 aromatic rings. The van der Waals surface area contributed by atoms with E-state index < -0.39 is 18.6 Å². The minimum Gasteiger partial charge on any atom is -0.324 e. The van der Waals surface area contributed by atoms with Crippen LogP contribution in [0.1, 0.15) is 23.6 Å². The molecule has 1 aromatic carbocycles. The number of benzene rings is 1. The normalized spacial score (nSPS) is 13.3. The molecule has 0 aliphatic rings. The molecule has 0 heterocycles. The second kappa shape index (κ2) is 4.32. The Morgan fingerprint density at radius 2 is 1.80 bits per heavy atom. The lowest BCUT2D eigenvalue weighted by Gasteiger charge is -2.14. The molecule has 0 spiro atoms. The van der Waals surface area contributed by atoms with Gasteiger partial charge in [-0.3, -0.25) is 0 Å². The van der Waals surface area contributed by atoms with Gasteiger partial charge in [-0.05, 0) is 17.7 Å². The van der Waals surface area contributed by atoms with E-state index in [1.165, 1.54) is 24.3 Å². The lowest BCUT2D eigenvalue weighted by atomic mass is 10.0. The summed E-state index contributed by atoms with van der Waals surface area (Å²) in [6.07, 6.45) is -5.33. The van der Waals surface area contributed by atoms with E-state index in [9.17, 15) is 13.2 Å². The van der Waals surface area contributed by atoms with E-state index in [4.69, 9.17) is 11.0 Å². The molecule has 1 rings (SSSR count). The summed E-state index contributed by atoms with van der Waals surface area (Å²) >= 11 is 0. The molecule has 1 atom stereocenters. The van der Waals surface area contributed by atoms with Crippen LogP contribution in [0.3, 0.4) is 0 Å². The van der Waals surface area contributed by atoms with Gasteiger partial charge in [-0.15, -0.1) is 0 Å². The highest BCUT2D eigenvalue weighted by Crippen LogP contribution is 2.27. The van der Waals surface area contributed by atoms with Crippen molar-refractivity contribution in [3.05, 3.63) is 35.4 Å². The molecule has 2 N–H and O–H groups in total. The monoisotopic (exact) mass is 214 g/mol. The van der Waals surface area contributed by atoms with Crippen LogP contribution in [0, 0.1) is 11.3 Å². The summed E-state index contributed by atoms with van der Waals surface area (Å²) in [6, 6.07) is 6.59. The van der Waals surface area contributed by atoms with Gasteiger partial charge in [-0.25, -0.2) is 0 Å². The number of hydrogen-bond acceptors (Lipinski definition) is 2. The van der Waals surface area contributed by atoms with E-state index in [0.717, 1.165) is 0 Å². The van der Waals surface area contributed by atoms with Crippen molar-refractivity contribution in [2.45, 2.75) is 18.6 Å². The van der Waals surface area contributed by atoms with Crippen LogP contribution in [-0.2, 0) is 0 Å². The van der Waals surface area contributed by atoms with Crippen molar-refractivity contribution in [2.75, 3.05) is 0 Å². The Labute approximate surface area is 85.1 Å². The van der Waals surface area contributed by atoms with Gasteiger partial charge in [0.2, 0.25) is 0 Å². The van der Waals surface area contributed by atoms with Crippen LogP contribution in [0.4, 0.5) is 13.2 Å². The predicted molar refractivity (Wildman–Crippen MR) is 48.8 cm³/mol. The third kappa shape index (κ3) is 3.60. The van der Waals surface area contributed by atoms with E-state index in [1.54, 1.807) is 0 Å². The Morgan fingerprint density at radius 3 is 2.20 bits per heavy atom. The summed E-state index contributed by atoms with van der Waals surface area (Å²) in [5.41, 5.74) is 6.15. The summed E-state index contributed by atoms with van der Waals surface area (Å²) < 4.78 is 36.0. The SMILES string of the molecule is N#Cc1ccc([C@H](N)CC(F)(F)F)cc1. The summed E-state index contributed by atoms with van der Waals surface area (Å²) in [5, 5.41) is 8.49. The van der Waals surface area contributed by atoms with Crippen LogP contribution >= 0.6 is 0 Å². The topological polar surface area (TPSA) is 49.8 Å². The molecule has 0 saturated carbocycles. The average molecular weight is 214 g/mol. The summed E-state index contributed by atoms with van der Waals surface area (Å²) in [4.78, 5) is 0. The molecular weight excluding hydrogens is 205 g/mol. The average Bonchev–Trinajstić information content (AvgIpc) is 2.15. The fourth-order valence-corrected chi connectivity index (χ4v) is 1.17. The molecule has 0 bridgehead atoms. The first-order chi connectivity index (χ1) is 6.92. The minimum atomic E-state index is -4.27. The maximum absolute atomic E-state index is 12.0. The first kappa shape index (κ1) is 11.5. The maximum atomic E-state index is 12.0. The lowest BCUT2D eigenvalue weighted by molar-refractivity contribution is -0.138. The molecule has 80 valence electrons. The molecule has 0 unspecified atom stereocenters. The quantitative estimate of drug-likeness (QED) is 0.822. The molecule has 2 nitrogen and oxygen atoms in total. The van der Waals surface area contributed by atoms with Gasteiger partial charge in [0.1, 0.15) is 0 Å². The van der Waals surface area contributed by atoms with Gasteiger partial charge in [0.25, 0.3) is 0 Å². The zero-order valence-corrected chi connectivity index (χ0v) is 7.75. The van der Waals surface area contributed by atoms with Crippen LogP contribution in [0.15, 0.2) is 24.3 Å². The minimum absolute atomic E-state index is 0.381.